The van der Waals surface area contributed by atoms with E-state index in [4.69, 9.17) is 0 Å². The second kappa shape index (κ2) is 7.33. The van der Waals surface area contributed by atoms with Gasteiger partial charge in [-0.2, -0.15) is 13.2 Å². The van der Waals surface area contributed by atoms with Crippen molar-refractivity contribution in [2.45, 2.75) is 32.0 Å². The summed E-state index contributed by atoms with van der Waals surface area (Å²) >= 11 is 0. The molecule has 1 aromatic carbocycles. The number of nitrogens with zero attached hydrogens (tertiary/aromatic N) is 4. The number of pyridine rings is 1. The normalized spacial score (nSPS) is 17.1. The minimum absolute atomic E-state index is 0.0957. The Hall–Kier alpha value is -2.61. The predicted octanol–water partition coefficient (Wildman–Crippen LogP) is 4.25. The molecule has 4 rings (SSSR count). The van der Waals surface area contributed by atoms with Crippen LogP contribution in [0.4, 0.5) is 18.9 Å². The Kier molecular flexibility index (Phi) is 4.98. The van der Waals surface area contributed by atoms with Crippen molar-refractivity contribution >= 4 is 16.6 Å². The Morgan fingerprint density at radius 1 is 1.17 bits per heavy atom. The van der Waals surface area contributed by atoms with E-state index in [-0.39, 0.29) is 5.92 Å². The summed E-state index contributed by atoms with van der Waals surface area (Å²) in [5, 5.41) is 11.4. The molecule has 1 N–H and O–H groups in total. The van der Waals surface area contributed by atoms with Crippen LogP contribution in [0.5, 0.6) is 0 Å². The van der Waals surface area contributed by atoms with Crippen LogP contribution in [0.15, 0.2) is 36.7 Å². The van der Waals surface area contributed by atoms with Gasteiger partial charge in [0.1, 0.15) is 11.9 Å². The number of halogens is 3. The van der Waals surface area contributed by atoms with Gasteiger partial charge in [-0.3, -0.25) is 4.98 Å². The minimum Gasteiger partial charge on any atom is -0.385 e. The first-order valence-electron chi connectivity index (χ1n) is 9.63. The lowest BCUT2D eigenvalue weighted by atomic mass is 9.90. The van der Waals surface area contributed by atoms with Crippen LogP contribution >= 0.6 is 0 Å². The molecule has 29 heavy (non-hydrogen) atoms. The molecule has 3 heterocycles. The molecule has 1 saturated heterocycles. The van der Waals surface area contributed by atoms with Crippen molar-refractivity contribution in [2.75, 3.05) is 18.0 Å². The van der Waals surface area contributed by atoms with E-state index in [2.05, 4.69) is 14.9 Å². The van der Waals surface area contributed by atoms with Gasteiger partial charge in [-0.15, -0.1) is 0 Å². The third-order valence-electron chi connectivity index (χ3n) is 5.69. The van der Waals surface area contributed by atoms with Gasteiger partial charge in [0, 0.05) is 49.3 Å². The lowest BCUT2D eigenvalue weighted by molar-refractivity contribution is -0.137. The maximum absolute atomic E-state index is 13.1. The van der Waals surface area contributed by atoms with E-state index < -0.39 is 17.8 Å². The molecule has 1 aliphatic rings. The highest BCUT2D eigenvalue weighted by atomic mass is 19.4. The molecule has 2 aromatic heterocycles. The number of aliphatic hydroxyl groups is 1. The molecule has 0 spiro atoms. The van der Waals surface area contributed by atoms with Gasteiger partial charge in [0.25, 0.3) is 0 Å². The third kappa shape index (κ3) is 3.81. The molecule has 1 aliphatic heterocycles. The molecule has 0 aliphatic carbocycles. The molecular formula is C21H23F3N4O. The number of fused-ring (bicyclic) bond motifs is 1. The number of rotatable bonds is 3. The van der Waals surface area contributed by atoms with Crippen LogP contribution in [-0.4, -0.2) is 32.7 Å². The van der Waals surface area contributed by atoms with Gasteiger partial charge >= 0.3 is 6.18 Å². The van der Waals surface area contributed by atoms with Gasteiger partial charge in [0.2, 0.25) is 0 Å². The second-order valence-corrected chi connectivity index (χ2v) is 7.68. The van der Waals surface area contributed by atoms with Crippen molar-refractivity contribution in [1.29, 1.82) is 0 Å². The van der Waals surface area contributed by atoms with E-state index in [9.17, 15) is 18.3 Å². The van der Waals surface area contributed by atoms with Gasteiger partial charge in [-0.25, -0.2) is 4.98 Å². The fourth-order valence-electron chi connectivity index (χ4n) is 4.11. The van der Waals surface area contributed by atoms with Crippen molar-refractivity contribution in [2.24, 2.45) is 13.0 Å². The molecule has 0 bridgehead atoms. The number of aryl methyl sites for hydroxylation is 2. The Morgan fingerprint density at radius 2 is 1.90 bits per heavy atom. The number of benzene rings is 1. The maximum atomic E-state index is 13.1. The summed E-state index contributed by atoms with van der Waals surface area (Å²) in [5.41, 5.74) is 1.24. The van der Waals surface area contributed by atoms with Crippen LogP contribution in [0.2, 0.25) is 0 Å². The number of aromatic nitrogens is 3. The second-order valence-electron chi connectivity index (χ2n) is 7.68. The number of alkyl halides is 3. The molecule has 3 aromatic rings. The summed E-state index contributed by atoms with van der Waals surface area (Å²) in [5.74, 6) is 0.756. The van der Waals surface area contributed by atoms with Gasteiger partial charge in [0.05, 0.1) is 11.1 Å². The van der Waals surface area contributed by atoms with Crippen LogP contribution in [0.3, 0.4) is 0 Å². The Bertz CT molecular complexity index is 1020. The summed E-state index contributed by atoms with van der Waals surface area (Å²) < 4.78 is 41.0. The van der Waals surface area contributed by atoms with Crippen molar-refractivity contribution in [3.63, 3.8) is 0 Å². The summed E-state index contributed by atoms with van der Waals surface area (Å²) in [4.78, 5) is 10.7. The minimum atomic E-state index is -4.39. The third-order valence-corrected chi connectivity index (χ3v) is 5.69. The van der Waals surface area contributed by atoms with Crippen LogP contribution in [0.25, 0.3) is 10.9 Å². The molecule has 1 atom stereocenters. The van der Waals surface area contributed by atoms with Gasteiger partial charge in [-0.05, 0) is 43.9 Å². The van der Waals surface area contributed by atoms with E-state index in [1.165, 1.54) is 6.07 Å². The Morgan fingerprint density at radius 3 is 2.52 bits per heavy atom. The molecular weight excluding hydrogens is 381 g/mol. The van der Waals surface area contributed by atoms with Gasteiger partial charge in [0.15, 0.2) is 0 Å². The molecule has 0 saturated carbocycles. The number of piperidine rings is 1. The average molecular weight is 404 g/mol. The number of imidazole rings is 1. The molecule has 1 unspecified atom stereocenters. The average Bonchev–Trinajstić information content (AvgIpc) is 3.11. The van der Waals surface area contributed by atoms with Crippen molar-refractivity contribution in [3.8, 4) is 0 Å². The first-order valence-corrected chi connectivity index (χ1v) is 9.63. The smallest absolute Gasteiger partial charge is 0.385 e. The molecule has 154 valence electrons. The monoisotopic (exact) mass is 404 g/mol. The quantitative estimate of drug-likeness (QED) is 0.709. The summed E-state index contributed by atoms with van der Waals surface area (Å²) in [6, 6.07) is 5.66. The highest BCUT2D eigenvalue weighted by Crippen LogP contribution is 2.37. The maximum Gasteiger partial charge on any atom is 0.416 e. The standard InChI is InChI=1S/C21H23F3N4O/c1-13-11-18(16-4-3-15(21(22,23)24)12-17(16)26-13)28-8-5-14(6-9-28)19(29)20-25-7-10-27(20)2/h3-4,7,10-12,14,19,29H,5-6,8-9H2,1-2H3. The summed E-state index contributed by atoms with van der Waals surface area (Å²) in [6.07, 6.45) is 0.0279. The first kappa shape index (κ1) is 19.7. The predicted molar refractivity (Wildman–Crippen MR) is 105 cm³/mol. The first-order chi connectivity index (χ1) is 13.7. The van der Waals surface area contributed by atoms with Crippen LogP contribution in [0, 0.1) is 12.8 Å². The van der Waals surface area contributed by atoms with Gasteiger partial charge in [-0.1, -0.05) is 6.07 Å². The zero-order chi connectivity index (χ0) is 20.8. The van der Waals surface area contributed by atoms with Crippen LogP contribution in [-0.2, 0) is 13.2 Å². The highest BCUT2D eigenvalue weighted by Gasteiger charge is 2.32. The Balaban J connectivity index is 1.57. The molecule has 0 amide bonds. The number of anilines is 1. The molecule has 5 nitrogen and oxygen atoms in total. The molecule has 8 heteroatoms. The summed E-state index contributed by atoms with van der Waals surface area (Å²) in [7, 11) is 1.86. The van der Waals surface area contributed by atoms with E-state index in [0.717, 1.165) is 30.7 Å². The zero-order valence-corrected chi connectivity index (χ0v) is 16.3. The molecule has 0 radical (unpaired) electrons. The van der Waals surface area contributed by atoms with E-state index in [0.29, 0.717) is 35.5 Å². The molecule has 1 fully saturated rings. The van der Waals surface area contributed by atoms with E-state index in [1.807, 2.05) is 23.9 Å². The number of hydrogen-bond donors (Lipinski definition) is 1. The van der Waals surface area contributed by atoms with Crippen LogP contribution in [0.1, 0.15) is 36.0 Å². The highest BCUT2D eigenvalue weighted by molar-refractivity contribution is 5.92. The fourth-order valence-corrected chi connectivity index (χ4v) is 4.11. The number of aliphatic hydroxyl groups excluding tert-OH is 1. The Labute approximate surface area is 166 Å². The summed E-state index contributed by atoms with van der Waals surface area (Å²) in [6.45, 7) is 3.22. The van der Waals surface area contributed by atoms with E-state index >= 15 is 0 Å². The topological polar surface area (TPSA) is 54.2 Å². The lowest BCUT2D eigenvalue weighted by Crippen LogP contribution is -2.36. The largest absolute Gasteiger partial charge is 0.416 e. The van der Waals surface area contributed by atoms with Crippen molar-refractivity contribution in [3.05, 3.63) is 53.7 Å². The zero-order valence-electron chi connectivity index (χ0n) is 16.3. The number of hydrogen-bond acceptors (Lipinski definition) is 4. The van der Waals surface area contributed by atoms with Gasteiger partial charge < -0.3 is 14.6 Å². The lowest BCUT2D eigenvalue weighted by Gasteiger charge is -2.36. The van der Waals surface area contributed by atoms with E-state index in [1.54, 1.807) is 13.1 Å². The fraction of sp³-hybridized carbons (Fsp3) is 0.429. The SMILES string of the molecule is Cc1cc(N2CCC(C(O)c3nccn3C)CC2)c2ccc(C(F)(F)F)cc2n1. The van der Waals surface area contributed by atoms with Crippen LogP contribution < -0.4 is 4.90 Å². The van der Waals surface area contributed by atoms with Crippen molar-refractivity contribution < 1.29 is 18.3 Å². The van der Waals surface area contributed by atoms with Crippen molar-refractivity contribution in [1.82, 2.24) is 14.5 Å².